The minimum Gasteiger partial charge on any atom is -0.512 e. The monoisotopic (exact) mass is 416 g/mol. The highest BCUT2D eigenvalue weighted by Gasteiger charge is 2.36. The van der Waals surface area contributed by atoms with Crippen LogP contribution in [0.3, 0.4) is 0 Å². The lowest BCUT2D eigenvalue weighted by Crippen LogP contribution is -2.16. The first kappa shape index (κ1) is 22.0. The van der Waals surface area contributed by atoms with Gasteiger partial charge in [-0.2, -0.15) is 26.3 Å². The molecule has 10 heteroatoms. The van der Waals surface area contributed by atoms with Gasteiger partial charge in [-0.3, -0.25) is 9.79 Å². The molecule has 0 heterocycles. The number of alkyl halides is 6. The van der Waals surface area contributed by atoms with E-state index in [9.17, 15) is 36.2 Å². The molecule has 2 N–H and O–H groups in total. The lowest BCUT2D eigenvalue weighted by molar-refractivity contribution is -0.143. The molecule has 0 saturated carbocycles. The standard InChI is InChI=1S/C19H14F6N2O2/c1-11(28)16(17(29)27-14-5-3-2-4-6-14)10-26-15-8-12(18(20,21)22)7-13(9-15)19(23,24)25/h2-10,28H,1H3,(H,27,29)/b16-11+,26-10?. The smallest absolute Gasteiger partial charge is 0.416 e. The summed E-state index contributed by atoms with van der Waals surface area (Å²) in [4.78, 5) is 15.8. The van der Waals surface area contributed by atoms with E-state index in [1.807, 2.05) is 0 Å². The van der Waals surface area contributed by atoms with Crippen LogP contribution in [0.2, 0.25) is 0 Å². The maximum absolute atomic E-state index is 12.9. The van der Waals surface area contributed by atoms with Crippen molar-refractivity contribution in [2.75, 3.05) is 5.32 Å². The number of halogens is 6. The molecular formula is C19H14F6N2O2. The van der Waals surface area contributed by atoms with Crippen LogP contribution in [0.1, 0.15) is 18.1 Å². The second-order valence-electron chi connectivity index (χ2n) is 5.84. The number of aliphatic hydroxyl groups is 1. The van der Waals surface area contributed by atoms with Crippen LogP contribution in [0.25, 0.3) is 0 Å². The molecule has 0 atom stereocenters. The van der Waals surface area contributed by atoms with Gasteiger partial charge in [0.1, 0.15) is 5.76 Å². The average Bonchev–Trinajstić information content (AvgIpc) is 2.60. The molecule has 29 heavy (non-hydrogen) atoms. The van der Waals surface area contributed by atoms with Crippen LogP contribution in [-0.2, 0) is 17.1 Å². The molecule has 0 aliphatic carbocycles. The minimum atomic E-state index is -5.03. The first-order chi connectivity index (χ1) is 13.4. The number of hydrogen-bond donors (Lipinski definition) is 2. The summed E-state index contributed by atoms with van der Waals surface area (Å²) in [6, 6.07) is 8.81. The number of aliphatic imine (C=N–C) groups is 1. The number of hydrogen-bond acceptors (Lipinski definition) is 3. The number of rotatable bonds is 4. The van der Waals surface area contributed by atoms with Crippen LogP contribution in [-0.4, -0.2) is 17.2 Å². The fourth-order valence-electron chi connectivity index (χ4n) is 2.19. The van der Waals surface area contributed by atoms with Gasteiger partial charge in [-0.05, 0) is 37.3 Å². The van der Waals surface area contributed by atoms with Crippen LogP contribution < -0.4 is 5.32 Å². The zero-order valence-corrected chi connectivity index (χ0v) is 14.8. The number of carbonyl (C=O) groups excluding carboxylic acids is 1. The van der Waals surface area contributed by atoms with E-state index in [1.165, 1.54) is 0 Å². The van der Waals surface area contributed by atoms with Gasteiger partial charge in [0.2, 0.25) is 0 Å². The van der Waals surface area contributed by atoms with Crippen molar-refractivity contribution in [3.63, 3.8) is 0 Å². The lowest BCUT2D eigenvalue weighted by Gasteiger charge is -2.12. The highest BCUT2D eigenvalue weighted by molar-refractivity contribution is 6.18. The molecule has 0 aromatic heterocycles. The predicted octanol–water partition coefficient (Wildman–Crippen LogP) is 5.90. The zero-order chi connectivity index (χ0) is 21.8. The molecule has 154 valence electrons. The first-order valence-corrected chi connectivity index (χ1v) is 7.97. The van der Waals surface area contributed by atoms with E-state index in [0.29, 0.717) is 24.0 Å². The largest absolute Gasteiger partial charge is 0.512 e. The Kier molecular flexibility index (Phi) is 6.35. The minimum absolute atomic E-state index is 0.0326. The Bertz CT molecular complexity index is 911. The van der Waals surface area contributed by atoms with Gasteiger partial charge >= 0.3 is 12.4 Å². The van der Waals surface area contributed by atoms with Gasteiger partial charge in [0, 0.05) is 11.9 Å². The third-order valence-corrected chi connectivity index (χ3v) is 3.58. The number of carbonyl (C=O) groups is 1. The molecule has 0 fully saturated rings. The molecule has 2 rings (SSSR count). The van der Waals surface area contributed by atoms with E-state index < -0.39 is 46.4 Å². The van der Waals surface area contributed by atoms with Crippen molar-refractivity contribution in [2.45, 2.75) is 19.3 Å². The average molecular weight is 416 g/mol. The summed E-state index contributed by atoms with van der Waals surface area (Å²) in [6.45, 7) is 1.12. The van der Waals surface area contributed by atoms with Crippen molar-refractivity contribution in [1.29, 1.82) is 0 Å². The number of nitrogens with one attached hydrogen (secondary N) is 1. The summed E-state index contributed by atoms with van der Waals surface area (Å²) in [6.07, 6.45) is -9.35. The van der Waals surface area contributed by atoms with E-state index in [0.717, 1.165) is 6.92 Å². The third-order valence-electron chi connectivity index (χ3n) is 3.58. The molecule has 0 saturated heterocycles. The normalized spacial score (nSPS) is 13.3. The Hall–Kier alpha value is -3.30. The number of para-hydroxylation sites is 1. The van der Waals surface area contributed by atoms with Gasteiger partial charge in [-0.15, -0.1) is 0 Å². The molecule has 0 bridgehead atoms. The number of anilines is 1. The number of nitrogens with zero attached hydrogens (tertiary/aromatic N) is 1. The van der Waals surface area contributed by atoms with Crippen LogP contribution in [0.15, 0.2) is 64.9 Å². The van der Waals surface area contributed by atoms with Gasteiger partial charge in [0.05, 0.1) is 22.4 Å². The maximum atomic E-state index is 12.9. The molecule has 4 nitrogen and oxygen atoms in total. The van der Waals surface area contributed by atoms with Gasteiger partial charge in [0.15, 0.2) is 0 Å². The number of benzene rings is 2. The summed E-state index contributed by atoms with van der Waals surface area (Å²) in [5.41, 5.74) is -3.83. The third kappa shape index (κ3) is 6.09. The fourth-order valence-corrected chi connectivity index (χ4v) is 2.19. The summed E-state index contributed by atoms with van der Waals surface area (Å²) in [5.74, 6) is -1.37. The molecule has 0 aliphatic heterocycles. The van der Waals surface area contributed by atoms with Crippen molar-refractivity contribution in [1.82, 2.24) is 0 Å². The number of amides is 1. The first-order valence-electron chi connectivity index (χ1n) is 7.97. The summed E-state index contributed by atoms with van der Waals surface area (Å²) < 4.78 is 77.4. The topological polar surface area (TPSA) is 61.7 Å². The van der Waals surface area contributed by atoms with E-state index >= 15 is 0 Å². The van der Waals surface area contributed by atoms with E-state index in [1.54, 1.807) is 30.3 Å². The van der Waals surface area contributed by atoms with Crippen molar-refractivity contribution in [2.24, 2.45) is 4.99 Å². The summed E-state index contributed by atoms with van der Waals surface area (Å²) in [5, 5.41) is 12.1. The zero-order valence-electron chi connectivity index (χ0n) is 14.8. The molecule has 0 unspecified atom stereocenters. The van der Waals surface area contributed by atoms with Crippen LogP contribution in [0.5, 0.6) is 0 Å². The van der Waals surface area contributed by atoms with Gasteiger partial charge < -0.3 is 10.4 Å². The van der Waals surface area contributed by atoms with Crippen LogP contribution >= 0.6 is 0 Å². The summed E-state index contributed by atoms with van der Waals surface area (Å²) in [7, 11) is 0. The van der Waals surface area contributed by atoms with E-state index in [2.05, 4.69) is 10.3 Å². The van der Waals surface area contributed by atoms with Crippen LogP contribution in [0, 0.1) is 0 Å². The molecule has 2 aromatic carbocycles. The van der Waals surface area contributed by atoms with Gasteiger partial charge in [-0.1, -0.05) is 18.2 Å². The molecule has 0 spiro atoms. The molecule has 0 aliphatic rings. The van der Waals surface area contributed by atoms with Crippen LogP contribution in [0.4, 0.5) is 37.7 Å². The Labute approximate surface area is 161 Å². The predicted molar refractivity (Wildman–Crippen MR) is 95.0 cm³/mol. The molecule has 2 aromatic rings. The Morgan fingerprint density at radius 2 is 1.48 bits per heavy atom. The van der Waals surface area contributed by atoms with Gasteiger partial charge in [0.25, 0.3) is 5.91 Å². The van der Waals surface area contributed by atoms with Gasteiger partial charge in [-0.25, -0.2) is 0 Å². The highest BCUT2D eigenvalue weighted by atomic mass is 19.4. The van der Waals surface area contributed by atoms with Crippen molar-refractivity contribution < 1.29 is 36.2 Å². The Morgan fingerprint density at radius 1 is 0.966 bits per heavy atom. The number of allylic oxidation sites excluding steroid dienone is 1. The highest BCUT2D eigenvalue weighted by Crippen LogP contribution is 2.38. The summed E-state index contributed by atoms with van der Waals surface area (Å²) >= 11 is 0. The van der Waals surface area contributed by atoms with Crippen molar-refractivity contribution in [3.05, 3.63) is 71.0 Å². The quantitative estimate of drug-likeness (QED) is 0.282. The second kappa shape index (κ2) is 8.38. The Balaban J connectivity index is 2.39. The number of aliphatic hydroxyl groups excluding tert-OH is 1. The van der Waals surface area contributed by atoms with Crippen molar-refractivity contribution in [3.8, 4) is 0 Å². The molecule has 1 amide bonds. The molecule has 0 radical (unpaired) electrons. The van der Waals surface area contributed by atoms with Crippen molar-refractivity contribution >= 4 is 23.5 Å². The Morgan fingerprint density at radius 3 is 1.93 bits per heavy atom. The maximum Gasteiger partial charge on any atom is 0.416 e. The fraction of sp³-hybridized carbons (Fsp3) is 0.158. The SMILES string of the molecule is C/C(O)=C(/C=Nc1cc(C(F)(F)F)cc(C(F)(F)F)c1)C(=O)Nc1ccccc1. The lowest BCUT2D eigenvalue weighted by atomic mass is 10.1. The van der Waals surface area contributed by atoms with E-state index in [4.69, 9.17) is 0 Å². The molecular weight excluding hydrogens is 402 g/mol. The second-order valence-corrected chi connectivity index (χ2v) is 5.84. The van der Waals surface area contributed by atoms with E-state index in [-0.39, 0.29) is 6.07 Å².